The molecule has 0 radical (unpaired) electrons. The molecule has 0 atom stereocenters. The van der Waals surface area contributed by atoms with Crippen LogP contribution in [0.4, 0.5) is 26.3 Å². The zero-order valence-corrected chi connectivity index (χ0v) is 12.7. The minimum Gasteiger partial charge on any atom is -0.475 e. The maximum absolute atomic E-state index is 10.6. The fourth-order valence-corrected chi connectivity index (χ4v) is 1.20. The molecule has 14 heteroatoms. The van der Waals surface area contributed by atoms with Crippen LogP contribution in [0.5, 0.6) is 0 Å². The number of primary amides is 1. The number of aliphatic carboxylic acids is 2. The van der Waals surface area contributed by atoms with Crippen LogP contribution >= 0.6 is 0 Å². The molecule has 1 heterocycles. The first-order chi connectivity index (χ1) is 11.2. The highest BCUT2D eigenvalue weighted by molar-refractivity contribution is 5.74. The molecule has 1 aliphatic rings. The van der Waals surface area contributed by atoms with Gasteiger partial charge in [-0.2, -0.15) is 26.3 Å². The summed E-state index contributed by atoms with van der Waals surface area (Å²) in [5, 5.41) is 17.5. The third kappa shape index (κ3) is 16.5. The molecule has 0 aromatic heterocycles. The molecule has 0 unspecified atom stereocenters. The lowest BCUT2D eigenvalue weighted by atomic mass is 10.3. The van der Waals surface area contributed by atoms with Crippen LogP contribution in [0.2, 0.25) is 0 Å². The number of carbonyl (C=O) groups excluding carboxylic acids is 1. The van der Waals surface area contributed by atoms with Crippen LogP contribution in [0.3, 0.4) is 0 Å². The highest BCUT2D eigenvalue weighted by Gasteiger charge is 2.38. The molecule has 0 aromatic carbocycles. The summed E-state index contributed by atoms with van der Waals surface area (Å²) in [6.07, 6.45) is -9.68. The molecule has 0 bridgehead atoms. The molecule has 25 heavy (non-hydrogen) atoms. The number of rotatable bonds is 3. The number of carboxylic acids is 2. The number of hydrogen-bond acceptors (Lipinski definition) is 5. The Hall–Kier alpha value is -2.09. The van der Waals surface area contributed by atoms with Crippen LogP contribution in [0.15, 0.2) is 0 Å². The van der Waals surface area contributed by atoms with E-state index in [4.69, 9.17) is 25.5 Å². The van der Waals surface area contributed by atoms with Gasteiger partial charge in [0, 0.05) is 39.1 Å². The van der Waals surface area contributed by atoms with Gasteiger partial charge >= 0.3 is 24.3 Å². The van der Waals surface area contributed by atoms with Gasteiger partial charge in [-0.25, -0.2) is 9.59 Å². The van der Waals surface area contributed by atoms with Crippen molar-refractivity contribution in [1.82, 2.24) is 10.2 Å². The van der Waals surface area contributed by atoms with Gasteiger partial charge in [0.2, 0.25) is 5.91 Å². The molecule has 5 N–H and O–H groups in total. The predicted molar refractivity (Wildman–Crippen MR) is 70.5 cm³/mol. The van der Waals surface area contributed by atoms with E-state index in [0.717, 1.165) is 32.7 Å². The summed E-state index contributed by atoms with van der Waals surface area (Å²) in [4.78, 5) is 30.5. The predicted octanol–water partition coefficient (Wildman–Crippen LogP) is 0.0336. The van der Waals surface area contributed by atoms with Crippen LogP contribution in [0, 0.1) is 0 Å². The fraction of sp³-hybridized carbons (Fsp3) is 0.727. The number of alkyl halides is 6. The second kappa shape index (κ2) is 11.5. The summed E-state index contributed by atoms with van der Waals surface area (Å²) < 4.78 is 63.5. The summed E-state index contributed by atoms with van der Waals surface area (Å²) in [6.45, 7) is 4.94. The highest BCUT2D eigenvalue weighted by Crippen LogP contribution is 2.13. The third-order valence-electron chi connectivity index (χ3n) is 2.37. The van der Waals surface area contributed by atoms with Gasteiger partial charge in [-0.15, -0.1) is 0 Å². The Morgan fingerprint density at radius 3 is 1.48 bits per heavy atom. The second-order valence-electron chi connectivity index (χ2n) is 4.41. The van der Waals surface area contributed by atoms with Crippen molar-refractivity contribution in [3.05, 3.63) is 0 Å². The maximum Gasteiger partial charge on any atom is 0.490 e. The first-order valence-electron chi connectivity index (χ1n) is 6.49. The Kier molecular flexibility index (Phi) is 11.5. The number of amides is 1. The number of nitrogens with one attached hydrogen (secondary N) is 1. The normalized spacial score (nSPS) is 15.1. The monoisotopic (exact) mass is 385 g/mol. The van der Waals surface area contributed by atoms with Crippen molar-refractivity contribution in [1.29, 1.82) is 0 Å². The zero-order chi connectivity index (χ0) is 20.3. The molecule has 0 aliphatic carbocycles. The summed E-state index contributed by atoms with van der Waals surface area (Å²) >= 11 is 0. The number of carbonyl (C=O) groups is 3. The van der Waals surface area contributed by atoms with E-state index < -0.39 is 24.3 Å². The number of hydrogen-bond donors (Lipinski definition) is 4. The van der Waals surface area contributed by atoms with E-state index in [9.17, 15) is 31.1 Å². The van der Waals surface area contributed by atoms with Crippen molar-refractivity contribution in [2.45, 2.75) is 18.8 Å². The van der Waals surface area contributed by atoms with Crippen LogP contribution in [0.25, 0.3) is 0 Å². The summed E-state index contributed by atoms with van der Waals surface area (Å²) in [5.41, 5.74) is 5.03. The minimum absolute atomic E-state index is 0.205. The average Bonchev–Trinajstić information content (AvgIpc) is 2.45. The highest BCUT2D eigenvalue weighted by atomic mass is 19.4. The Morgan fingerprint density at radius 1 is 0.920 bits per heavy atom. The van der Waals surface area contributed by atoms with Crippen molar-refractivity contribution >= 4 is 17.8 Å². The quantitative estimate of drug-likeness (QED) is 0.504. The largest absolute Gasteiger partial charge is 0.490 e. The number of carboxylic acid groups (broad SMARTS) is 2. The SMILES string of the molecule is NC(=O)CCN1CCNCC1.O=C(O)C(F)(F)F.O=C(O)C(F)(F)F. The smallest absolute Gasteiger partial charge is 0.475 e. The molecular formula is C11H17F6N3O5. The van der Waals surface area contributed by atoms with E-state index in [1.54, 1.807) is 0 Å². The van der Waals surface area contributed by atoms with Crippen molar-refractivity contribution in [2.24, 2.45) is 5.73 Å². The van der Waals surface area contributed by atoms with E-state index in [1.165, 1.54) is 0 Å². The van der Waals surface area contributed by atoms with Gasteiger partial charge in [0.15, 0.2) is 0 Å². The first-order valence-corrected chi connectivity index (χ1v) is 6.49. The van der Waals surface area contributed by atoms with Gasteiger partial charge < -0.3 is 26.2 Å². The number of halogens is 6. The van der Waals surface area contributed by atoms with E-state index in [2.05, 4.69) is 10.2 Å². The van der Waals surface area contributed by atoms with E-state index in [-0.39, 0.29) is 5.91 Å². The zero-order valence-electron chi connectivity index (χ0n) is 12.7. The number of piperazine rings is 1. The topological polar surface area (TPSA) is 133 Å². The Bertz CT molecular complexity index is 411. The van der Waals surface area contributed by atoms with Crippen LogP contribution in [-0.4, -0.2) is 78.0 Å². The molecule has 1 saturated heterocycles. The second-order valence-corrected chi connectivity index (χ2v) is 4.41. The summed E-state index contributed by atoms with van der Waals surface area (Å²) in [5.74, 6) is -5.72. The van der Waals surface area contributed by atoms with Gasteiger partial charge in [-0.3, -0.25) is 4.79 Å². The van der Waals surface area contributed by atoms with E-state index in [0.29, 0.717) is 6.42 Å². The van der Waals surface area contributed by atoms with Gasteiger partial charge in [0.1, 0.15) is 0 Å². The lowest BCUT2D eigenvalue weighted by Crippen LogP contribution is -2.44. The molecule has 148 valence electrons. The molecular weight excluding hydrogens is 368 g/mol. The lowest BCUT2D eigenvalue weighted by molar-refractivity contribution is -0.193. The molecule has 1 rings (SSSR count). The van der Waals surface area contributed by atoms with Gasteiger partial charge in [0.05, 0.1) is 0 Å². The van der Waals surface area contributed by atoms with Crippen molar-refractivity contribution in [2.75, 3.05) is 32.7 Å². The molecule has 1 aliphatic heterocycles. The Labute approximate surface area is 137 Å². The minimum atomic E-state index is -5.08. The van der Waals surface area contributed by atoms with Gasteiger partial charge in [0.25, 0.3) is 0 Å². The number of nitrogens with two attached hydrogens (primary N) is 1. The summed E-state index contributed by atoms with van der Waals surface area (Å²) in [6, 6.07) is 0. The summed E-state index contributed by atoms with van der Waals surface area (Å²) in [7, 11) is 0. The van der Waals surface area contributed by atoms with Crippen molar-refractivity contribution in [3.63, 3.8) is 0 Å². The molecule has 0 aromatic rings. The fourth-order valence-electron chi connectivity index (χ4n) is 1.20. The standard InChI is InChI=1S/C7H15N3O.2C2HF3O2/c8-7(11)1-4-10-5-2-9-3-6-10;2*3-2(4,5)1(6)7/h9H,1-6H2,(H2,8,11);2*(H,6,7). The van der Waals surface area contributed by atoms with Crippen LogP contribution in [0.1, 0.15) is 6.42 Å². The average molecular weight is 385 g/mol. The molecule has 1 amide bonds. The van der Waals surface area contributed by atoms with Gasteiger partial charge in [-0.1, -0.05) is 0 Å². The third-order valence-corrected chi connectivity index (χ3v) is 2.37. The van der Waals surface area contributed by atoms with Crippen LogP contribution in [-0.2, 0) is 14.4 Å². The molecule has 8 nitrogen and oxygen atoms in total. The van der Waals surface area contributed by atoms with E-state index >= 15 is 0 Å². The van der Waals surface area contributed by atoms with E-state index in [1.807, 2.05) is 0 Å². The maximum atomic E-state index is 10.6. The van der Waals surface area contributed by atoms with Gasteiger partial charge in [-0.05, 0) is 0 Å². The first kappa shape index (κ1) is 25.2. The Balaban J connectivity index is 0. The Morgan fingerprint density at radius 2 is 1.24 bits per heavy atom. The molecule has 0 saturated carbocycles. The van der Waals surface area contributed by atoms with Crippen LogP contribution < -0.4 is 11.1 Å². The molecule has 1 fully saturated rings. The van der Waals surface area contributed by atoms with Crippen molar-refractivity contribution < 1.29 is 50.9 Å². The lowest BCUT2D eigenvalue weighted by Gasteiger charge is -2.26. The number of nitrogens with zero attached hydrogens (tertiary/aromatic N) is 1. The van der Waals surface area contributed by atoms with Crippen molar-refractivity contribution in [3.8, 4) is 0 Å². The molecule has 0 spiro atoms.